The Morgan fingerprint density at radius 3 is 2.36 bits per heavy atom. The molecule has 66 valence electrons. The standard InChI is InChI=1S/C7H14O4/c1-3-5-7(9,10)6(8)11-4-2/h9-10H,3-5H2,1-2H3. The number of rotatable bonds is 4. The van der Waals surface area contributed by atoms with E-state index in [-0.39, 0.29) is 13.0 Å². The molecule has 4 heteroatoms. The highest BCUT2D eigenvalue weighted by Gasteiger charge is 2.33. The molecule has 11 heavy (non-hydrogen) atoms. The van der Waals surface area contributed by atoms with Gasteiger partial charge in [-0.1, -0.05) is 13.3 Å². The summed E-state index contributed by atoms with van der Waals surface area (Å²) in [7, 11) is 0. The molecule has 4 nitrogen and oxygen atoms in total. The van der Waals surface area contributed by atoms with E-state index in [2.05, 4.69) is 4.74 Å². The predicted molar refractivity (Wildman–Crippen MR) is 38.7 cm³/mol. The molecule has 0 amide bonds. The normalized spacial score (nSPS) is 11.3. The summed E-state index contributed by atoms with van der Waals surface area (Å²) in [4.78, 5) is 10.7. The number of carbonyl (C=O) groups is 1. The van der Waals surface area contributed by atoms with Crippen molar-refractivity contribution in [2.24, 2.45) is 0 Å². The maximum Gasteiger partial charge on any atom is 0.366 e. The monoisotopic (exact) mass is 162 g/mol. The average molecular weight is 162 g/mol. The van der Waals surface area contributed by atoms with Crippen LogP contribution in [0.1, 0.15) is 26.7 Å². The van der Waals surface area contributed by atoms with E-state index in [1.54, 1.807) is 13.8 Å². The number of carbonyl (C=O) groups excluding carboxylic acids is 1. The van der Waals surface area contributed by atoms with Gasteiger partial charge in [0.25, 0.3) is 5.79 Å². The first-order valence-corrected chi connectivity index (χ1v) is 3.66. The first kappa shape index (κ1) is 10.4. The number of hydrogen-bond acceptors (Lipinski definition) is 4. The van der Waals surface area contributed by atoms with Crippen LogP contribution >= 0.6 is 0 Å². The molecule has 0 atom stereocenters. The van der Waals surface area contributed by atoms with Gasteiger partial charge in [0.05, 0.1) is 6.61 Å². The molecule has 0 aromatic rings. The maximum absolute atomic E-state index is 10.7. The predicted octanol–water partition coefficient (Wildman–Crippen LogP) is 0.0305. The second-order valence-corrected chi connectivity index (χ2v) is 2.29. The van der Waals surface area contributed by atoms with Crippen molar-refractivity contribution >= 4 is 5.97 Å². The Labute approximate surface area is 65.8 Å². The first-order valence-electron chi connectivity index (χ1n) is 3.66. The fraction of sp³-hybridized carbons (Fsp3) is 0.857. The topological polar surface area (TPSA) is 66.8 Å². The van der Waals surface area contributed by atoms with Gasteiger partial charge in [-0.2, -0.15) is 0 Å². The number of ether oxygens (including phenoxy) is 1. The van der Waals surface area contributed by atoms with Crippen LogP contribution in [0.25, 0.3) is 0 Å². The van der Waals surface area contributed by atoms with Crippen LogP contribution in [-0.4, -0.2) is 28.6 Å². The molecule has 0 fully saturated rings. The van der Waals surface area contributed by atoms with Crippen LogP contribution in [0.5, 0.6) is 0 Å². The van der Waals surface area contributed by atoms with Gasteiger partial charge in [0.1, 0.15) is 0 Å². The summed E-state index contributed by atoms with van der Waals surface area (Å²) in [6.45, 7) is 3.52. The number of hydrogen-bond donors (Lipinski definition) is 2. The van der Waals surface area contributed by atoms with Gasteiger partial charge in [-0.15, -0.1) is 0 Å². The highest BCUT2D eigenvalue weighted by Crippen LogP contribution is 2.10. The van der Waals surface area contributed by atoms with Crippen molar-refractivity contribution in [2.75, 3.05) is 6.61 Å². The fourth-order valence-corrected chi connectivity index (χ4v) is 0.697. The van der Waals surface area contributed by atoms with Crippen molar-refractivity contribution in [3.63, 3.8) is 0 Å². The quantitative estimate of drug-likeness (QED) is 0.452. The lowest BCUT2D eigenvalue weighted by Gasteiger charge is -2.17. The molecule has 0 aromatic carbocycles. The van der Waals surface area contributed by atoms with Crippen LogP contribution in [0.3, 0.4) is 0 Å². The van der Waals surface area contributed by atoms with E-state index in [0.29, 0.717) is 6.42 Å². The molecule has 0 aliphatic heterocycles. The third kappa shape index (κ3) is 3.34. The average Bonchev–Trinajstić information content (AvgIpc) is 1.88. The van der Waals surface area contributed by atoms with E-state index in [1.807, 2.05) is 0 Å². The highest BCUT2D eigenvalue weighted by molar-refractivity contribution is 5.76. The van der Waals surface area contributed by atoms with Crippen molar-refractivity contribution in [3.05, 3.63) is 0 Å². The van der Waals surface area contributed by atoms with Crippen LogP contribution in [0, 0.1) is 0 Å². The summed E-state index contributed by atoms with van der Waals surface area (Å²) in [5.74, 6) is -3.27. The Morgan fingerprint density at radius 1 is 1.45 bits per heavy atom. The maximum atomic E-state index is 10.7. The Balaban J connectivity index is 3.94. The van der Waals surface area contributed by atoms with E-state index in [4.69, 9.17) is 10.2 Å². The molecule has 0 bridgehead atoms. The van der Waals surface area contributed by atoms with Crippen LogP contribution in [-0.2, 0) is 9.53 Å². The van der Waals surface area contributed by atoms with E-state index in [9.17, 15) is 4.79 Å². The molecule has 2 N–H and O–H groups in total. The summed E-state index contributed by atoms with van der Waals surface area (Å²) in [5.41, 5.74) is 0. The highest BCUT2D eigenvalue weighted by atomic mass is 16.6. The Hall–Kier alpha value is -0.610. The van der Waals surface area contributed by atoms with Crippen LogP contribution in [0.15, 0.2) is 0 Å². The lowest BCUT2D eigenvalue weighted by molar-refractivity contribution is -0.211. The van der Waals surface area contributed by atoms with Crippen molar-refractivity contribution in [2.45, 2.75) is 32.5 Å². The van der Waals surface area contributed by atoms with Crippen molar-refractivity contribution in [1.29, 1.82) is 0 Å². The molecular formula is C7H14O4. The van der Waals surface area contributed by atoms with Gasteiger partial charge in [-0.05, 0) is 6.92 Å². The van der Waals surface area contributed by atoms with Gasteiger partial charge in [0.15, 0.2) is 0 Å². The van der Waals surface area contributed by atoms with Gasteiger partial charge in [-0.25, -0.2) is 4.79 Å². The zero-order valence-corrected chi connectivity index (χ0v) is 6.83. The zero-order valence-electron chi connectivity index (χ0n) is 6.83. The van der Waals surface area contributed by atoms with Gasteiger partial charge in [0.2, 0.25) is 0 Å². The summed E-state index contributed by atoms with van der Waals surface area (Å²) in [6.07, 6.45) is 0.525. The third-order valence-corrected chi connectivity index (χ3v) is 1.20. The molecule has 0 aliphatic carbocycles. The summed E-state index contributed by atoms with van der Waals surface area (Å²) < 4.78 is 4.42. The van der Waals surface area contributed by atoms with E-state index in [1.165, 1.54) is 0 Å². The Bertz CT molecular complexity index is 130. The molecule has 0 unspecified atom stereocenters. The van der Waals surface area contributed by atoms with Gasteiger partial charge >= 0.3 is 5.97 Å². The summed E-state index contributed by atoms with van der Waals surface area (Å²) in [6, 6.07) is 0. The lowest BCUT2D eigenvalue weighted by atomic mass is 10.1. The molecule has 0 saturated heterocycles. The van der Waals surface area contributed by atoms with Gasteiger partial charge in [-0.3, -0.25) is 0 Å². The van der Waals surface area contributed by atoms with Crippen molar-refractivity contribution in [3.8, 4) is 0 Å². The van der Waals surface area contributed by atoms with E-state index >= 15 is 0 Å². The molecule has 0 rings (SSSR count). The fourth-order valence-electron chi connectivity index (χ4n) is 0.697. The minimum absolute atomic E-state index is 0.00579. The number of aliphatic hydroxyl groups is 2. The largest absolute Gasteiger partial charge is 0.462 e. The molecule has 0 radical (unpaired) electrons. The summed E-state index contributed by atoms with van der Waals surface area (Å²) in [5, 5.41) is 18.0. The smallest absolute Gasteiger partial charge is 0.366 e. The molecular weight excluding hydrogens is 148 g/mol. The van der Waals surface area contributed by atoms with Gasteiger partial charge in [0, 0.05) is 6.42 Å². The number of esters is 1. The minimum atomic E-state index is -2.30. The molecule has 0 saturated carbocycles. The van der Waals surface area contributed by atoms with Crippen LogP contribution < -0.4 is 0 Å². The Kier molecular flexibility index (Phi) is 4.07. The minimum Gasteiger partial charge on any atom is -0.462 e. The van der Waals surface area contributed by atoms with Crippen LogP contribution in [0.4, 0.5) is 0 Å². The molecule has 0 spiro atoms. The zero-order chi connectivity index (χ0) is 8.91. The molecule has 0 aliphatic rings. The van der Waals surface area contributed by atoms with Crippen molar-refractivity contribution in [1.82, 2.24) is 0 Å². The van der Waals surface area contributed by atoms with Gasteiger partial charge < -0.3 is 14.9 Å². The second-order valence-electron chi connectivity index (χ2n) is 2.29. The SMILES string of the molecule is CCCC(O)(O)C(=O)OCC. The molecule has 0 heterocycles. The molecule has 0 aromatic heterocycles. The third-order valence-electron chi connectivity index (χ3n) is 1.20. The second kappa shape index (κ2) is 4.31. The van der Waals surface area contributed by atoms with Crippen molar-refractivity contribution < 1.29 is 19.7 Å². The first-order chi connectivity index (χ1) is 5.04. The van der Waals surface area contributed by atoms with E-state index < -0.39 is 11.8 Å². The van der Waals surface area contributed by atoms with Crippen LogP contribution in [0.2, 0.25) is 0 Å². The Morgan fingerprint density at radius 2 is 2.00 bits per heavy atom. The summed E-state index contributed by atoms with van der Waals surface area (Å²) >= 11 is 0. The lowest BCUT2D eigenvalue weighted by Crippen LogP contribution is -2.39. The van der Waals surface area contributed by atoms with E-state index in [0.717, 1.165) is 0 Å².